The molecule has 0 unspecified atom stereocenters. The summed E-state index contributed by atoms with van der Waals surface area (Å²) in [6.45, 7) is 1.93. The van der Waals surface area contributed by atoms with Crippen molar-refractivity contribution >= 4 is 17.6 Å². The van der Waals surface area contributed by atoms with Crippen molar-refractivity contribution in [2.75, 3.05) is 10.6 Å². The molecule has 7 nitrogen and oxygen atoms in total. The number of amides is 1. The molecule has 0 radical (unpaired) electrons. The Morgan fingerprint density at radius 3 is 2.70 bits per heavy atom. The Bertz CT molecular complexity index is 801. The fourth-order valence-corrected chi connectivity index (χ4v) is 2.06. The second-order valence-electron chi connectivity index (χ2n) is 4.84. The highest BCUT2D eigenvalue weighted by atomic mass is 16.4. The van der Waals surface area contributed by atoms with Crippen LogP contribution in [0.25, 0.3) is 11.5 Å². The Balaban J connectivity index is 1.70. The number of nitrogens with zero attached hydrogens (tertiary/aromatic N) is 3. The number of rotatable bonds is 5. The first-order valence-corrected chi connectivity index (χ1v) is 7.05. The molecule has 0 aliphatic heterocycles. The molecule has 0 bridgehead atoms. The Morgan fingerprint density at radius 1 is 1.13 bits per heavy atom. The van der Waals surface area contributed by atoms with Crippen LogP contribution in [0.1, 0.15) is 12.5 Å². The van der Waals surface area contributed by atoms with Gasteiger partial charge in [0.1, 0.15) is 0 Å². The van der Waals surface area contributed by atoms with Crippen LogP contribution in [0.15, 0.2) is 53.2 Å². The van der Waals surface area contributed by atoms with E-state index in [0.29, 0.717) is 18.5 Å². The van der Waals surface area contributed by atoms with E-state index in [9.17, 15) is 4.79 Å². The van der Waals surface area contributed by atoms with Crippen molar-refractivity contribution in [1.82, 2.24) is 15.2 Å². The van der Waals surface area contributed by atoms with Gasteiger partial charge in [0.15, 0.2) is 0 Å². The quantitative estimate of drug-likeness (QED) is 0.752. The molecule has 0 spiro atoms. The van der Waals surface area contributed by atoms with E-state index in [1.165, 1.54) is 6.92 Å². The third-order valence-electron chi connectivity index (χ3n) is 3.11. The summed E-state index contributed by atoms with van der Waals surface area (Å²) >= 11 is 0. The highest BCUT2D eigenvalue weighted by Crippen LogP contribution is 2.20. The second kappa shape index (κ2) is 6.69. The number of anilines is 2. The first kappa shape index (κ1) is 14.7. The maximum Gasteiger partial charge on any atom is 0.316 e. The standard InChI is InChI=1S/C16H15N5O2/c1-11(22)19-14-5-3-2-4-13(14)10-18-16-21-20-15(23-16)12-6-8-17-9-7-12/h2-9H,10H2,1H3,(H,18,21)(H,19,22). The van der Waals surface area contributed by atoms with Gasteiger partial charge in [-0.05, 0) is 23.8 Å². The summed E-state index contributed by atoms with van der Waals surface area (Å²) < 4.78 is 5.56. The molecule has 2 N–H and O–H groups in total. The molecule has 0 saturated carbocycles. The minimum Gasteiger partial charge on any atom is -0.403 e. The average molecular weight is 309 g/mol. The lowest BCUT2D eigenvalue weighted by atomic mass is 10.2. The van der Waals surface area contributed by atoms with Crippen molar-refractivity contribution in [3.8, 4) is 11.5 Å². The number of carbonyl (C=O) groups is 1. The monoisotopic (exact) mass is 309 g/mol. The molecule has 0 fully saturated rings. The summed E-state index contributed by atoms with van der Waals surface area (Å²) in [6, 6.07) is 11.4. The van der Waals surface area contributed by atoms with Crippen LogP contribution in [0.5, 0.6) is 0 Å². The molecule has 116 valence electrons. The van der Waals surface area contributed by atoms with Gasteiger partial charge < -0.3 is 15.1 Å². The van der Waals surface area contributed by atoms with E-state index in [1.54, 1.807) is 24.5 Å². The smallest absolute Gasteiger partial charge is 0.316 e. The number of carbonyl (C=O) groups excluding carboxylic acids is 1. The molecule has 2 aromatic heterocycles. The Kier molecular flexibility index (Phi) is 4.28. The van der Waals surface area contributed by atoms with E-state index >= 15 is 0 Å². The average Bonchev–Trinajstić information content (AvgIpc) is 3.03. The van der Waals surface area contributed by atoms with Gasteiger partial charge in [-0.1, -0.05) is 23.3 Å². The van der Waals surface area contributed by atoms with Crippen molar-refractivity contribution in [3.63, 3.8) is 0 Å². The summed E-state index contributed by atoms with van der Waals surface area (Å²) in [7, 11) is 0. The molecule has 0 saturated heterocycles. The SMILES string of the molecule is CC(=O)Nc1ccccc1CNc1nnc(-c2ccncc2)o1. The minimum absolute atomic E-state index is 0.116. The largest absolute Gasteiger partial charge is 0.403 e. The first-order valence-electron chi connectivity index (χ1n) is 7.05. The Labute approximate surface area is 132 Å². The van der Waals surface area contributed by atoms with Crippen LogP contribution in [-0.2, 0) is 11.3 Å². The summed E-state index contributed by atoms with van der Waals surface area (Å²) in [5.41, 5.74) is 2.48. The van der Waals surface area contributed by atoms with E-state index < -0.39 is 0 Å². The van der Waals surface area contributed by atoms with Crippen LogP contribution in [0.2, 0.25) is 0 Å². The van der Waals surface area contributed by atoms with Crippen molar-refractivity contribution in [1.29, 1.82) is 0 Å². The summed E-state index contributed by atoms with van der Waals surface area (Å²) in [4.78, 5) is 15.2. The summed E-state index contributed by atoms with van der Waals surface area (Å²) in [5.74, 6) is 0.306. The van der Waals surface area contributed by atoms with E-state index in [2.05, 4.69) is 25.8 Å². The van der Waals surface area contributed by atoms with Crippen LogP contribution in [0.4, 0.5) is 11.7 Å². The highest BCUT2D eigenvalue weighted by molar-refractivity contribution is 5.89. The number of hydrogen-bond donors (Lipinski definition) is 2. The first-order chi connectivity index (χ1) is 11.2. The van der Waals surface area contributed by atoms with Crippen molar-refractivity contribution in [2.24, 2.45) is 0 Å². The zero-order chi connectivity index (χ0) is 16.1. The summed E-state index contributed by atoms with van der Waals surface area (Å²) in [5, 5.41) is 13.8. The van der Waals surface area contributed by atoms with Gasteiger partial charge in [0, 0.05) is 37.1 Å². The lowest BCUT2D eigenvalue weighted by molar-refractivity contribution is -0.114. The normalized spacial score (nSPS) is 10.3. The molecule has 0 aliphatic carbocycles. The lowest BCUT2D eigenvalue weighted by Crippen LogP contribution is -2.10. The molecule has 0 atom stereocenters. The molecule has 3 rings (SSSR count). The van der Waals surface area contributed by atoms with E-state index in [4.69, 9.17) is 4.42 Å². The molecule has 1 amide bonds. The maximum atomic E-state index is 11.2. The summed E-state index contributed by atoms with van der Waals surface area (Å²) in [6.07, 6.45) is 3.33. The maximum absolute atomic E-state index is 11.2. The van der Waals surface area contributed by atoms with Crippen LogP contribution in [-0.4, -0.2) is 21.1 Å². The molecular formula is C16H15N5O2. The van der Waals surface area contributed by atoms with Gasteiger partial charge >= 0.3 is 6.01 Å². The van der Waals surface area contributed by atoms with Gasteiger partial charge in [0.2, 0.25) is 11.8 Å². The minimum atomic E-state index is -0.116. The third kappa shape index (κ3) is 3.70. The molecule has 23 heavy (non-hydrogen) atoms. The fourth-order valence-electron chi connectivity index (χ4n) is 2.06. The molecular weight excluding hydrogens is 294 g/mol. The second-order valence-corrected chi connectivity index (χ2v) is 4.84. The number of pyridine rings is 1. The number of benzene rings is 1. The van der Waals surface area contributed by atoms with E-state index in [1.807, 2.05) is 24.3 Å². The predicted octanol–water partition coefficient (Wildman–Crippen LogP) is 2.70. The van der Waals surface area contributed by atoms with Crippen LogP contribution >= 0.6 is 0 Å². The number of aromatic nitrogens is 3. The highest BCUT2D eigenvalue weighted by Gasteiger charge is 2.09. The molecule has 0 aliphatic rings. The van der Waals surface area contributed by atoms with Crippen LogP contribution < -0.4 is 10.6 Å². The third-order valence-corrected chi connectivity index (χ3v) is 3.11. The zero-order valence-corrected chi connectivity index (χ0v) is 12.5. The molecule has 2 heterocycles. The number of hydrogen-bond acceptors (Lipinski definition) is 6. The Hall–Kier alpha value is -3.22. The molecule has 1 aromatic carbocycles. The van der Waals surface area contributed by atoms with Gasteiger partial charge in [0.05, 0.1) is 0 Å². The van der Waals surface area contributed by atoms with Crippen molar-refractivity contribution < 1.29 is 9.21 Å². The van der Waals surface area contributed by atoms with Crippen molar-refractivity contribution in [3.05, 3.63) is 54.4 Å². The van der Waals surface area contributed by atoms with Gasteiger partial charge in [0.25, 0.3) is 0 Å². The molecule has 3 aromatic rings. The van der Waals surface area contributed by atoms with E-state index in [-0.39, 0.29) is 5.91 Å². The zero-order valence-electron chi connectivity index (χ0n) is 12.5. The predicted molar refractivity (Wildman–Crippen MR) is 85.6 cm³/mol. The van der Waals surface area contributed by atoms with E-state index in [0.717, 1.165) is 16.8 Å². The van der Waals surface area contributed by atoms with Crippen LogP contribution in [0, 0.1) is 0 Å². The molecule has 7 heteroatoms. The topological polar surface area (TPSA) is 92.9 Å². The number of nitrogens with one attached hydrogen (secondary N) is 2. The fraction of sp³-hybridized carbons (Fsp3) is 0.125. The van der Waals surface area contributed by atoms with Gasteiger partial charge in [-0.3, -0.25) is 9.78 Å². The van der Waals surface area contributed by atoms with Crippen LogP contribution in [0.3, 0.4) is 0 Å². The van der Waals surface area contributed by atoms with Crippen molar-refractivity contribution in [2.45, 2.75) is 13.5 Å². The number of para-hydroxylation sites is 1. The van der Waals surface area contributed by atoms with Gasteiger partial charge in [-0.2, -0.15) is 0 Å². The van der Waals surface area contributed by atoms with Gasteiger partial charge in [-0.25, -0.2) is 0 Å². The Morgan fingerprint density at radius 2 is 1.91 bits per heavy atom. The van der Waals surface area contributed by atoms with Gasteiger partial charge in [-0.15, -0.1) is 5.10 Å². The lowest BCUT2D eigenvalue weighted by Gasteiger charge is -2.09.